The Kier molecular flexibility index (Phi) is 5.25. The second kappa shape index (κ2) is 7.18. The number of ether oxygens (including phenoxy) is 2. The van der Waals surface area contributed by atoms with E-state index in [0.717, 1.165) is 11.6 Å². The van der Waals surface area contributed by atoms with Gasteiger partial charge in [-0.1, -0.05) is 11.6 Å². The van der Waals surface area contributed by atoms with Crippen LogP contribution in [0.25, 0.3) is 0 Å². The summed E-state index contributed by atoms with van der Waals surface area (Å²) in [6, 6.07) is 7.21. The first-order valence-electron chi connectivity index (χ1n) is 6.85. The van der Waals surface area contributed by atoms with Crippen molar-refractivity contribution < 1.29 is 19.2 Å². The molecule has 0 heterocycles. The van der Waals surface area contributed by atoms with Crippen LogP contribution in [-0.4, -0.2) is 25.1 Å². The zero-order valence-electron chi connectivity index (χ0n) is 13.3. The Morgan fingerprint density at radius 3 is 2.38 bits per heavy atom. The molecule has 0 saturated carbocycles. The van der Waals surface area contributed by atoms with Gasteiger partial charge in [-0.15, -0.1) is 0 Å². The number of anilines is 1. The van der Waals surface area contributed by atoms with Crippen LogP contribution in [0, 0.1) is 17.0 Å². The fourth-order valence-electron chi connectivity index (χ4n) is 2.10. The lowest BCUT2D eigenvalue weighted by Crippen LogP contribution is -2.13. The van der Waals surface area contributed by atoms with Crippen LogP contribution in [0.5, 0.6) is 11.5 Å². The van der Waals surface area contributed by atoms with Gasteiger partial charge in [0, 0.05) is 23.4 Å². The summed E-state index contributed by atoms with van der Waals surface area (Å²) in [6.07, 6.45) is 0. The molecule has 0 spiro atoms. The Morgan fingerprint density at radius 1 is 1.17 bits per heavy atom. The predicted octanol–water partition coefficient (Wildman–Crippen LogP) is 3.83. The van der Waals surface area contributed by atoms with Crippen molar-refractivity contribution in [2.24, 2.45) is 0 Å². The van der Waals surface area contributed by atoms with Crippen LogP contribution in [0.4, 0.5) is 11.4 Å². The summed E-state index contributed by atoms with van der Waals surface area (Å²) in [6.45, 7) is 1.79. The van der Waals surface area contributed by atoms with Crippen LogP contribution in [-0.2, 0) is 0 Å². The number of aryl methyl sites for hydroxylation is 1. The molecule has 2 aromatic carbocycles. The number of nitro groups is 1. The molecule has 1 amide bonds. The average Bonchev–Trinajstić information content (AvgIpc) is 2.56. The van der Waals surface area contributed by atoms with Gasteiger partial charge in [0.15, 0.2) is 11.5 Å². The fraction of sp³-hybridized carbons (Fsp3) is 0.188. The van der Waals surface area contributed by atoms with Crippen molar-refractivity contribution in [3.63, 3.8) is 0 Å². The maximum absolute atomic E-state index is 12.4. The van der Waals surface area contributed by atoms with E-state index in [4.69, 9.17) is 21.1 Å². The number of carbonyl (C=O) groups is 1. The highest BCUT2D eigenvalue weighted by molar-refractivity contribution is 6.32. The number of hydrogen-bond donors (Lipinski definition) is 1. The molecule has 0 aliphatic heterocycles. The number of rotatable bonds is 5. The molecule has 2 rings (SSSR count). The number of hydrogen-bond acceptors (Lipinski definition) is 5. The lowest BCUT2D eigenvalue weighted by Gasteiger charge is -2.13. The van der Waals surface area contributed by atoms with Gasteiger partial charge < -0.3 is 14.8 Å². The number of carbonyl (C=O) groups excluding carboxylic acids is 1. The summed E-state index contributed by atoms with van der Waals surface area (Å²) in [7, 11) is 3.00. The first-order chi connectivity index (χ1) is 11.4. The number of nitro benzene ring substituents is 1. The third kappa shape index (κ3) is 3.57. The largest absolute Gasteiger partial charge is 0.493 e. The van der Waals surface area contributed by atoms with Crippen LogP contribution in [0.1, 0.15) is 15.9 Å². The molecule has 0 radical (unpaired) electrons. The molecule has 8 heteroatoms. The minimum Gasteiger partial charge on any atom is -0.493 e. The number of benzene rings is 2. The van der Waals surface area contributed by atoms with E-state index in [1.807, 2.05) is 0 Å². The minimum atomic E-state index is -0.638. The van der Waals surface area contributed by atoms with Gasteiger partial charge in [0.05, 0.1) is 19.1 Å². The molecule has 0 saturated heterocycles. The number of amides is 1. The summed E-state index contributed by atoms with van der Waals surface area (Å²) >= 11 is 5.75. The molecule has 1 N–H and O–H groups in total. The van der Waals surface area contributed by atoms with Gasteiger partial charge in [0.1, 0.15) is 5.02 Å². The first kappa shape index (κ1) is 17.6. The molecule has 126 valence electrons. The van der Waals surface area contributed by atoms with Crippen LogP contribution in [0.3, 0.4) is 0 Å². The molecule has 0 aliphatic carbocycles. The first-order valence-corrected chi connectivity index (χ1v) is 7.23. The maximum Gasteiger partial charge on any atom is 0.288 e. The number of halogens is 1. The highest BCUT2D eigenvalue weighted by Crippen LogP contribution is 2.33. The van der Waals surface area contributed by atoms with Gasteiger partial charge in [-0.2, -0.15) is 0 Å². The van der Waals surface area contributed by atoms with E-state index >= 15 is 0 Å². The van der Waals surface area contributed by atoms with E-state index < -0.39 is 10.8 Å². The van der Waals surface area contributed by atoms with E-state index in [9.17, 15) is 14.9 Å². The summed E-state index contributed by atoms with van der Waals surface area (Å²) in [5.41, 5.74) is 1.06. The normalized spacial score (nSPS) is 10.2. The molecular formula is C16H15ClN2O5. The van der Waals surface area contributed by atoms with Crippen molar-refractivity contribution >= 4 is 28.9 Å². The molecule has 7 nitrogen and oxygen atoms in total. The van der Waals surface area contributed by atoms with Crippen molar-refractivity contribution in [2.45, 2.75) is 6.92 Å². The molecule has 0 atom stereocenters. The van der Waals surface area contributed by atoms with Crippen LogP contribution in [0.2, 0.25) is 5.02 Å². The van der Waals surface area contributed by atoms with E-state index in [1.165, 1.54) is 26.4 Å². The summed E-state index contributed by atoms with van der Waals surface area (Å²) in [5.74, 6) is 0.501. The van der Waals surface area contributed by atoms with Crippen molar-refractivity contribution in [1.29, 1.82) is 0 Å². The smallest absolute Gasteiger partial charge is 0.288 e. The second-order valence-electron chi connectivity index (χ2n) is 4.90. The topological polar surface area (TPSA) is 90.7 Å². The van der Waals surface area contributed by atoms with Gasteiger partial charge >= 0.3 is 0 Å². The van der Waals surface area contributed by atoms with E-state index in [-0.39, 0.29) is 16.3 Å². The number of nitrogens with one attached hydrogen (secondary N) is 1. The minimum absolute atomic E-state index is 0.0288. The van der Waals surface area contributed by atoms with Crippen molar-refractivity contribution in [2.75, 3.05) is 19.5 Å². The van der Waals surface area contributed by atoms with Gasteiger partial charge in [0.2, 0.25) is 0 Å². The SMILES string of the molecule is COc1cc(C)c(NC(=O)c2ccc(Cl)c([N+](=O)[O-])c2)cc1OC. The Hall–Kier alpha value is -2.80. The number of nitrogens with zero attached hydrogens (tertiary/aromatic N) is 1. The predicted molar refractivity (Wildman–Crippen MR) is 90.3 cm³/mol. The molecule has 0 aliphatic rings. The van der Waals surface area contributed by atoms with Gasteiger partial charge in [-0.25, -0.2) is 0 Å². The summed E-state index contributed by atoms with van der Waals surface area (Å²) < 4.78 is 10.4. The molecule has 0 aromatic heterocycles. The summed E-state index contributed by atoms with van der Waals surface area (Å²) in [5, 5.41) is 13.6. The zero-order chi connectivity index (χ0) is 17.9. The molecule has 24 heavy (non-hydrogen) atoms. The second-order valence-corrected chi connectivity index (χ2v) is 5.31. The molecule has 0 fully saturated rings. The highest BCUT2D eigenvalue weighted by atomic mass is 35.5. The molecular weight excluding hydrogens is 336 g/mol. The van der Waals surface area contributed by atoms with Gasteiger partial charge in [0.25, 0.3) is 11.6 Å². The third-order valence-electron chi connectivity index (χ3n) is 3.38. The Bertz CT molecular complexity index is 807. The van der Waals surface area contributed by atoms with Crippen molar-refractivity contribution in [3.05, 3.63) is 56.6 Å². The molecule has 0 unspecified atom stereocenters. The monoisotopic (exact) mass is 350 g/mol. The van der Waals surface area contributed by atoms with E-state index in [1.54, 1.807) is 19.1 Å². The Morgan fingerprint density at radius 2 is 1.79 bits per heavy atom. The lowest BCUT2D eigenvalue weighted by molar-refractivity contribution is -0.384. The lowest BCUT2D eigenvalue weighted by atomic mass is 10.1. The van der Waals surface area contributed by atoms with Gasteiger partial charge in [-0.05, 0) is 30.7 Å². The maximum atomic E-state index is 12.4. The van der Waals surface area contributed by atoms with Crippen molar-refractivity contribution in [3.8, 4) is 11.5 Å². The molecule has 2 aromatic rings. The standard InChI is InChI=1S/C16H15ClN2O5/c1-9-6-14(23-2)15(24-3)8-12(9)18-16(20)10-4-5-11(17)13(7-10)19(21)22/h4-8H,1-3H3,(H,18,20). The fourth-order valence-corrected chi connectivity index (χ4v) is 2.29. The Balaban J connectivity index is 2.33. The third-order valence-corrected chi connectivity index (χ3v) is 3.70. The zero-order valence-corrected chi connectivity index (χ0v) is 14.0. The summed E-state index contributed by atoms with van der Waals surface area (Å²) in [4.78, 5) is 22.6. The van der Waals surface area contributed by atoms with Crippen LogP contribution in [0.15, 0.2) is 30.3 Å². The van der Waals surface area contributed by atoms with Crippen LogP contribution < -0.4 is 14.8 Å². The van der Waals surface area contributed by atoms with Crippen molar-refractivity contribution in [1.82, 2.24) is 0 Å². The Labute approximate surface area is 143 Å². The van der Waals surface area contributed by atoms with Crippen LogP contribution >= 0.6 is 11.6 Å². The van der Waals surface area contributed by atoms with E-state index in [0.29, 0.717) is 17.2 Å². The van der Waals surface area contributed by atoms with Gasteiger partial charge in [-0.3, -0.25) is 14.9 Å². The average molecular weight is 351 g/mol. The number of methoxy groups -OCH3 is 2. The quantitative estimate of drug-likeness (QED) is 0.653. The highest BCUT2D eigenvalue weighted by Gasteiger charge is 2.17. The van der Waals surface area contributed by atoms with E-state index in [2.05, 4.69) is 5.32 Å². The molecule has 0 bridgehead atoms.